The van der Waals surface area contributed by atoms with Crippen molar-refractivity contribution < 1.29 is 27.0 Å². The van der Waals surface area contributed by atoms with Gasteiger partial charge in [0, 0.05) is 0 Å². The van der Waals surface area contributed by atoms with Gasteiger partial charge in [-0.25, -0.2) is 14.0 Å². The Kier molecular flexibility index (Phi) is 6.25. The van der Waals surface area contributed by atoms with E-state index >= 15 is 0 Å². The molecule has 11 heteroatoms. The van der Waals surface area contributed by atoms with Crippen molar-refractivity contribution in [2.24, 2.45) is 0 Å². The number of anilines is 1. The van der Waals surface area contributed by atoms with Crippen LogP contribution in [0, 0.1) is 5.82 Å². The van der Waals surface area contributed by atoms with Crippen molar-refractivity contribution in [1.29, 1.82) is 0 Å². The molecule has 3 rings (SSSR count). The number of nitrogens with one attached hydrogen (secondary N) is 1. The van der Waals surface area contributed by atoms with E-state index in [1.165, 1.54) is 0 Å². The highest BCUT2D eigenvalue weighted by Crippen LogP contribution is 2.44. The minimum atomic E-state index is -0.959. The molecule has 0 aliphatic carbocycles. The average molecular weight is 403 g/mol. The summed E-state index contributed by atoms with van der Waals surface area (Å²) in [6, 6.07) is 0. The van der Waals surface area contributed by atoms with Gasteiger partial charge in [-0.15, -0.1) is 0 Å². The van der Waals surface area contributed by atoms with Gasteiger partial charge in [0.05, 0.1) is 30.0 Å². The van der Waals surface area contributed by atoms with E-state index in [1.54, 1.807) is 6.92 Å². The highest BCUT2D eigenvalue weighted by atomic mass is 32.2. The number of halogens is 1. The summed E-state index contributed by atoms with van der Waals surface area (Å²) >= 11 is -0.959. The fourth-order valence-electron chi connectivity index (χ4n) is 2.90. The Labute approximate surface area is 158 Å². The monoisotopic (exact) mass is 403 g/mol. The second kappa shape index (κ2) is 8.46. The molecule has 2 aliphatic heterocycles. The van der Waals surface area contributed by atoms with Crippen LogP contribution in [0.15, 0.2) is 11.0 Å². The van der Waals surface area contributed by atoms with Gasteiger partial charge in [-0.3, -0.25) is 18.3 Å². The van der Waals surface area contributed by atoms with Crippen molar-refractivity contribution in [2.45, 2.75) is 57.6 Å². The first kappa shape index (κ1) is 19.9. The van der Waals surface area contributed by atoms with Gasteiger partial charge in [-0.05, 0) is 19.2 Å². The lowest BCUT2D eigenvalue weighted by molar-refractivity contribution is -0.0292. The molecule has 1 aromatic heterocycles. The Hall–Kier alpha value is -1.82. The maximum Gasteiger partial charge on any atom is 0.412 e. The van der Waals surface area contributed by atoms with Gasteiger partial charge in [0.1, 0.15) is 12.2 Å². The lowest BCUT2D eigenvalue weighted by Crippen LogP contribution is -2.35. The summed E-state index contributed by atoms with van der Waals surface area (Å²) in [7, 11) is 0. The van der Waals surface area contributed by atoms with Crippen molar-refractivity contribution in [1.82, 2.24) is 9.55 Å². The van der Waals surface area contributed by atoms with Crippen LogP contribution >= 0.6 is 11.0 Å². The van der Waals surface area contributed by atoms with Crippen LogP contribution in [0.5, 0.6) is 0 Å². The Morgan fingerprint density at radius 2 is 2.19 bits per heavy atom. The normalized spacial score (nSPS) is 29.5. The predicted octanol–water partition coefficient (Wildman–Crippen LogP) is 2.35. The maximum atomic E-state index is 14.4. The Morgan fingerprint density at radius 3 is 2.93 bits per heavy atom. The summed E-state index contributed by atoms with van der Waals surface area (Å²) in [6.07, 6.45) is 0.407. The van der Waals surface area contributed by atoms with Crippen LogP contribution in [0.25, 0.3) is 0 Å². The number of nitrogens with zero attached hydrogens (tertiary/aromatic N) is 2. The van der Waals surface area contributed by atoms with E-state index < -0.39 is 52.9 Å². The third-order valence-electron chi connectivity index (χ3n) is 4.24. The van der Waals surface area contributed by atoms with Gasteiger partial charge < -0.3 is 9.47 Å². The van der Waals surface area contributed by atoms with Gasteiger partial charge in [0.15, 0.2) is 17.9 Å². The number of aromatic nitrogens is 2. The molecule has 2 aliphatic rings. The fraction of sp³-hybridized carbons (Fsp3) is 0.625. The number of rotatable bonds is 6. The zero-order valence-corrected chi connectivity index (χ0v) is 15.9. The Balaban J connectivity index is 1.71. The van der Waals surface area contributed by atoms with E-state index in [0.717, 1.165) is 23.6 Å². The SMILES string of the molecule is C=S1OC2C(C)OC(n3cc(F)c(NC(=O)OCCCCC)nc3=O)C2O1. The number of unbranched alkanes of at least 4 members (excludes halogenated alkanes) is 2. The molecule has 5 unspecified atom stereocenters. The fourth-order valence-corrected chi connectivity index (χ4v) is 3.91. The number of hydrogen-bond acceptors (Lipinski definition) is 7. The molecule has 0 aromatic carbocycles. The molecule has 1 N–H and O–H groups in total. The van der Waals surface area contributed by atoms with Gasteiger partial charge in [0.25, 0.3) is 0 Å². The number of amides is 1. The van der Waals surface area contributed by atoms with Crippen LogP contribution in [0.2, 0.25) is 0 Å². The first-order valence-corrected chi connectivity index (χ1v) is 9.91. The van der Waals surface area contributed by atoms with Gasteiger partial charge >= 0.3 is 11.8 Å². The summed E-state index contributed by atoms with van der Waals surface area (Å²) in [5, 5.41) is 2.14. The zero-order chi connectivity index (χ0) is 19.6. The van der Waals surface area contributed by atoms with E-state index in [2.05, 4.69) is 16.2 Å². The topological polar surface area (TPSA) is 101 Å². The molecule has 2 fully saturated rings. The number of ether oxygens (including phenoxy) is 2. The smallest absolute Gasteiger partial charge is 0.412 e. The second-order valence-corrected chi connectivity index (χ2v) is 7.24. The average Bonchev–Trinajstić information content (AvgIpc) is 3.13. The van der Waals surface area contributed by atoms with E-state index in [0.29, 0.717) is 6.42 Å². The quantitative estimate of drug-likeness (QED) is 0.575. The third-order valence-corrected chi connectivity index (χ3v) is 5.11. The lowest BCUT2D eigenvalue weighted by Gasteiger charge is -2.18. The van der Waals surface area contributed by atoms with Crippen LogP contribution in [0.3, 0.4) is 0 Å². The van der Waals surface area contributed by atoms with E-state index in [1.807, 2.05) is 6.92 Å². The first-order valence-electron chi connectivity index (χ1n) is 8.67. The summed E-state index contributed by atoms with van der Waals surface area (Å²) in [5.74, 6) is 2.30. The van der Waals surface area contributed by atoms with Crippen LogP contribution in [-0.4, -0.2) is 46.4 Å². The van der Waals surface area contributed by atoms with Crippen LogP contribution in [0.1, 0.15) is 39.3 Å². The standard InChI is InChI=1S/C16H22FN3O6S/c1-4-5-6-7-23-16(22)19-13-10(17)8-20(15(21)18-13)14-12-11(9(2)24-14)25-27(3)26-12/h8-9,11-12,14H,3-7H2,1-2H3,(H,18,19,21,22). The largest absolute Gasteiger partial charge is 0.449 e. The van der Waals surface area contributed by atoms with Crippen molar-refractivity contribution in [3.05, 3.63) is 22.5 Å². The molecule has 0 bridgehead atoms. The molecule has 1 aromatic rings. The summed E-state index contributed by atoms with van der Waals surface area (Å²) in [5.41, 5.74) is -0.796. The minimum absolute atomic E-state index is 0.208. The number of carbonyl (C=O) groups is 1. The molecule has 5 atom stereocenters. The summed E-state index contributed by atoms with van der Waals surface area (Å²) in [4.78, 5) is 27.6. The zero-order valence-electron chi connectivity index (χ0n) is 15.1. The Bertz CT molecular complexity index is 788. The molecule has 0 spiro atoms. The maximum absolute atomic E-state index is 14.4. The van der Waals surface area contributed by atoms with E-state index in [4.69, 9.17) is 17.8 Å². The van der Waals surface area contributed by atoms with Crippen LogP contribution in [-0.2, 0) is 17.8 Å². The molecule has 0 saturated carbocycles. The van der Waals surface area contributed by atoms with Crippen molar-refractivity contribution in [3.63, 3.8) is 0 Å². The van der Waals surface area contributed by atoms with Gasteiger partial charge in [-0.1, -0.05) is 19.8 Å². The van der Waals surface area contributed by atoms with E-state index in [9.17, 15) is 14.0 Å². The molecule has 1 amide bonds. The molecule has 2 saturated heterocycles. The first-order chi connectivity index (χ1) is 12.9. The van der Waals surface area contributed by atoms with Gasteiger partial charge in [-0.2, -0.15) is 4.98 Å². The van der Waals surface area contributed by atoms with Crippen LogP contribution < -0.4 is 11.0 Å². The van der Waals surface area contributed by atoms with E-state index in [-0.39, 0.29) is 12.7 Å². The summed E-state index contributed by atoms with van der Waals surface area (Å²) in [6.45, 7) is 3.99. The van der Waals surface area contributed by atoms with Crippen molar-refractivity contribution >= 4 is 28.8 Å². The Morgan fingerprint density at radius 1 is 1.44 bits per heavy atom. The molecule has 150 valence electrons. The predicted molar refractivity (Wildman–Crippen MR) is 97.0 cm³/mol. The number of carbonyl (C=O) groups excluding carboxylic acids is 1. The minimum Gasteiger partial charge on any atom is -0.449 e. The van der Waals surface area contributed by atoms with Crippen molar-refractivity contribution in [3.8, 4) is 0 Å². The molecule has 27 heavy (non-hydrogen) atoms. The number of hydrogen-bond donors (Lipinski definition) is 1. The van der Waals surface area contributed by atoms with Crippen LogP contribution in [0.4, 0.5) is 15.0 Å². The number of fused-ring (bicyclic) bond motifs is 1. The highest BCUT2D eigenvalue weighted by Gasteiger charge is 2.50. The van der Waals surface area contributed by atoms with Gasteiger partial charge in [0.2, 0.25) is 0 Å². The molecular formula is C16H22FN3O6S. The molecule has 0 radical (unpaired) electrons. The second-order valence-electron chi connectivity index (χ2n) is 6.25. The molecular weight excluding hydrogens is 381 g/mol. The third kappa shape index (κ3) is 4.37. The summed E-state index contributed by atoms with van der Waals surface area (Å²) < 4.78 is 37.0. The lowest BCUT2D eigenvalue weighted by atomic mass is 10.1. The molecule has 3 heterocycles. The van der Waals surface area contributed by atoms with Crippen molar-refractivity contribution in [2.75, 3.05) is 11.9 Å². The molecule has 9 nitrogen and oxygen atoms in total. The highest BCUT2D eigenvalue weighted by molar-refractivity contribution is 8.05.